The van der Waals surface area contributed by atoms with Crippen LogP contribution in [-0.4, -0.2) is 54.3 Å². The standard InChI is InChI=1S/C21H24FN3O2/c1-15-4-3-5-16(2)20(15)23-19(26)14-24-10-12-25(13-11-24)21(27)17-6-8-18(22)9-7-17/h3-9H,10-14H2,1-2H3,(H,23,26). The van der Waals surface area contributed by atoms with Gasteiger partial charge in [-0.1, -0.05) is 18.2 Å². The van der Waals surface area contributed by atoms with E-state index in [4.69, 9.17) is 0 Å². The molecule has 0 radical (unpaired) electrons. The number of carbonyl (C=O) groups is 2. The van der Waals surface area contributed by atoms with E-state index in [0.29, 0.717) is 38.3 Å². The van der Waals surface area contributed by atoms with Gasteiger partial charge in [0.2, 0.25) is 5.91 Å². The van der Waals surface area contributed by atoms with E-state index in [1.54, 1.807) is 4.90 Å². The number of carbonyl (C=O) groups excluding carboxylic acids is 2. The normalized spacial score (nSPS) is 14.9. The largest absolute Gasteiger partial charge is 0.336 e. The first-order valence-corrected chi connectivity index (χ1v) is 9.07. The topological polar surface area (TPSA) is 52.7 Å². The molecule has 0 unspecified atom stereocenters. The summed E-state index contributed by atoms with van der Waals surface area (Å²) in [4.78, 5) is 28.6. The van der Waals surface area contributed by atoms with Gasteiger partial charge in [0.05, 0.1) is 6.54 Å². The smallest absolute Gasteiger partial charge is 0.253 e. The molecule has 0 atom stereocenters. The maximum Gasteiger partial charge on any atom is 0.253 e. The van der Waals surface area contributed by atoms with Crippen molar-refractivity contribution < 1.29 is 14.0 Å². The molecule has 1 fully saturated rings. The van der Waals surface area contributed by atoms with Gasteiger partial charge < -0.3 is 10.2 Å². The van der Waals surface area contributed by atoms with Gasteiger partial charge in [-0.15, -0.1) is 0 Å². The predicted molar refractivity (Wildman–Crippen MR) is 103 cm³/mol. The Kier molecular flexibility index (Phi) is 5.86. The molecule has 27 heavy (non-hydrogen) atoms. The molecule has 5 nitrogen and oxygen atoms in total. The fourth-order valence-corrected chi connectivity index (χ4v) is 3.28. The summed E-state index contributed by atoms with van der Waals surface area (Å²) >= 11 is 0. The number of amides is 2. The molecule has 1 aliphatic heterocycles. The number of hydrogen-bond donors (Lipinski definition) is 1. The van der Waals surface area contributed by atoms with Crippen LogP contribution in [0.5, 0.6) is 0 Å². The summed E-state index contributed by atoms with van der Waals surface area (Å²) in [5, 5.41) is 2.99. The van der Waals surface area contributed by atoms with E-state index < -0.39 is 0 Å². The van der Waals surface area contributed by atoms with Crippen molar-refractivity contribution in [3.8, 4) is 0 Å². The summed E-state index contributed by atoms with van der Waals surface area (Å²) in [6.45, 7) is 6.61. The highest BCUT2D eigenvalue weighted by atomic mass is 19.1. The zero-order valence-corrected chi connectivity index (χ0v) is 15.7. The van der Waals surface area contributed by atoms with Crippen molar-refractivity contribution in [3.05, 3.63) is 65.0 Å². The van der Waals surface area contributed by atoms with E-state index in [1.165, 1.54) is 24.3 Å². The Bertz CT molecular complexity index is 808. The van der Waals surface area contributed by atoms with Gasteiger partial charge in [-0.05, 0) is 49.2 Å². The highest BCUT2D eigenvalue weighted by Crippen LogP contribution is 2.19. The van der Waals surface area contributed by atoms with Gasteiger partial charge in [0, 0.05) is 37.4 Å². The number of rotatable bonds is 4. The first-order valence-electron chi connectivity index (χ1n) is 9.07. The van der Waals surface area contributed by atoms with Crippen LogP contribution in [-0.2, 0) is 4.79 Å². The van der Waals surface area contributed by atoms with Crippen LogP contribution in [0, 0.1) is 19.7 Å². The minimum atomic E-state index is -0.355. The third-order valence-corrected chi connectivity index (χ3v) is 4.86. The van der Waals surface area contributed by atoms with E-state index >= 15 is 0 Å². The zero-order chi connectivity index (χ0) is 19.4. The van der Waals surface area contributed by atoms with Gasteiger partial charge in [-0.25, -0.2) is 4.39 Å². The molecule has 1 saturated heterocycles. The van der Waals surface area contributed by atoms with Crippen LogP contribution < -0.4 is 5.32 Å². The van der Waals surface area contributed by atoms with E-state index in [-0.39, 0.29) is 17.6 Å². The molecule has 2 aromatic carbocycles. The van der Waals surface area contributed by atoms with Gasteiger partial charge in [-0.3, -0.25) is 14.5 Å². The molecular weight excluding hydrogens is 345 g/mol. The molecule has 1 aliphatic rings. The lowest BCUT2D eigenvalue weighted by Gasteiger charge is -2.34. The summed E-state index contributed by atoms with van der Waals surface area (Å²) in [5.41, 5.74) is 3.43. The lowest BCUT2D eigenvalue weighted by Crippen LogP contribution is -2.50. The molecule has 2 aromatic rings. The first kappa shape index (κ1) is 19.0. The van der Waals surface area contributed by atoms with Crippen molar-refractivity contribution in [2.45, 2.75) is 13.8 Å². The molecule has 0 saturated carbocycles. The Morgan fingerprint density at radius 2 is 1.56 bits per heavy atom. The number of aryl methyl sites for hydroxylation is 2. The van der Waals surface area contributed by atoms with Crippen molar-refractivity contribution in [2.24, 2.45) is 0 Å². The van der Waals surface area contributed by atoms with Crippen LogP contribution in [0.3, 0.4) is 0 Å². The summed E-state index contributed by atoms with van der Waals surface area (Å²) in [7, 11) is 0. The highest BCUT2D eigenvalue weighted by Gasteiger charge is 2.23. The summed E-state index contributed by atoms with van der Waals surface area (Å²) in [6.07, 6.45) is 0. The van der Waals surface area contributed by atoms with Gasteiger partial charge in [0.1, 0.15) is 5.82 Å². The molecule has 2 amide bonds. The Morgan fingerprint density at radius 3 is 2.15 bits per heavy atom. The lowest BCUT2D eigenvalue weighted by atomic mass is 10.1. The van der Waals surface area contributed by atoms with Crippen LogP contribution in [0.2, 0.25) is 0 Å². The molecule has 6 heteroatoms. The number of nitrogens with zero attached hydrogens (tertiary/aromatic N) is 2. The second-order valence-corrected chi connectivity index (χ2v) is 6.89. The molecule has 0 aromatic heterocycles. The molecule has 0 bridgehead atoms. The third kappa shape index (κ3) is 4.71. The Morgan fingerprint density at radius 1 is 0.963 bits per heavy atom. The van der Waals surface area contributed by atoms with E-state index in [1.807, 2.05) is 36.9 Å². The second-order valence-electron chi connectivity index (χ2n) is 6.89. The number of benzene rings is 2. The Hall–Kier alpha value is -2.73. The van der Waals surface area contributed by atoms with Crippen molar-refractivity contribution in [2.75, 3.05) is 38.0 Å². The number of nitrogens with one attached hydrogen (secondary N) is 1. The minimum Gasteiger partial charge on any atom is -0.336 e. The van der Waals surface area contributed by atoms with Gasteiger partial charge in [-0.2, -0.15) is 0 Å². The number of para-hydroxylation sites is 1. The fraction of sp³-hybridized carbons (Fsp3) is 0.333. The Labute approximate surface area is 158 Å². The van der Waals surface area contributed by atoms with Crippen LogP contribution >= 0.6 is 0 Å². The molecule has 1 N–H and O–H groups in total. The number of piperazine rings is 1. The third-order valence-electron chi connectivity index (χ3n) is 4.86. The van der Waals surface area contributed by atoms with E-state index in [9.17, 15) is 14.0 Å². The monoisotopic (exact) mass is 369 g/mol. The molecule has 1 heterocycles. The summed E-state index contributed by atoms with van der Waals surface area (Å²) in [5.74, 6) is -0.508. The van der Waals surface area contributed by atoms with Gasteiger partial charge in [0.25, 0.3) is 5.91 Å². The predicted octanol–water partition coefficient (Wildman–Crippen LogP) is 2.84. The average molecular weight is 369 g/mol. The maximum absolute atomic E-state index is 13.0. The van der Waals surface area contributed by atoms with Gasteiger partial charge in [0.15, 0.2) is 0 Å². The van der Waals surface area contributed by atoms with Crippen LogP contribution in [0.1, 0.15) is 21.5 Å². The molecule has 3 rings (SSSR count). The Balaban J connectivity index is 1.51. The quantitative estimate of drug-likeness (QED) is 0.902. The van der Waals surface area contributed by atoms with Crippen molar-refractivity contribution in [1.29, 1.82) is 0 Å². The average Bonchev–Trinajstić information content (AvgIpc) is 2.65. The fourth-order valence-electron chi connectivity index (χ4n) is 3.28. The van der Waals surface area contributed by atoms with Crippen molar-refractivity contribution in [3.63, 3.8) is 0 Å². The molecular formula is C21H24FN3O2. The van der Waals surface area contributed by atoms with Gasteiger partial charge >= 0.3 is 0 Å². The lowest BCUT2D eigenvalue weighted by molar-refractivity contribution is -0.117. The summed E-state index contributed by atoms with van der Waals surface area (Å²) in [6, 6.07) is 11.5. The molecule has 142 valence electrons. The molecule has 0 aliphatic carbocycles. The van der Waals surface area contributed by atoms with Crippen molar-refractivity contribution in [1.82, 2.24) is 9.80 Å². The van der Waals surface area contributed by atoms with Crippen LogP contribution in [0.25, 0.3) is 0 Å². The van der Waals surface area contributed by atoms with Crippen molar-refractivity contribution >= 4 is 17.5 Å². The second kappa shape index (κ2) is 8.31. The van der Waals surface area contributed by atoms with Crippen LogP contribution in [0.4, 0.5) is 10.1 Å². The highest BCUT2D eigenvalue weighted by molar-refractivity contribution is 5.95. The SMILES string of the molecule is Cc1cccc(C)c1NC(=O)CN1CCN(C(=O)c2ccc(F)cc2)CC1. The van der Waals surface area contributed by atoms with Crippen LogP contribution in [0.15, 0.2) is 42.5 Å². The minimum absolute atomic E-state index is 0.0503. The number of halogens is 1. The number of hydrogen-bond acceptors (Lipinski definition) is 3. The first-order chi connectivity index (χ1) is 12.9. The molecule has 0 spiro atoms. The maximum atomic E-state index is 13.0. The number of anilines is 1. The van der Waals surface area contributed by atoms with E-state index in [0.717, 1.165) is 16.8 Å². The zero-order valence-electron chi connectivity index (χ0n) is 15.7. The summed E-state index contributed by atoms with van der Waals surface area (Å²) < 4.78 is 13.0. The van der Waals surface area contributed by atoms with E-state index in [2.05, 4.69) is 5.32 Å².